The highest BCUT2D eigenvalue weighted by Gasteiger charge is 2.29. The van der Waals surface area contributed by atoms with Gasteiger partial charge in [0.1, 0.15) is 28.1 Å². The Kier molecular flexibility index (Phi) is 11.7. The van der Waals surface area contributed by atoms with Gasteiger partial charge in [-0.15, -0.1) is 11.3 Å². The average molecular weight is 671 g/mol. The Morgan fingerprint density at radius 2 is 1.68 bits per heavy atom. The molecular formula is C25H32FN8O7PS2. The van der Waals surface area contributed by atoms with Crippen LogP contribution in [-0.2, 0) is 14.6 Å². The largest absolute Gasteiger partial charge is 0.490 e. The molecule has 2 aromatic carbocycles. The highest BCUT2D eigenvalue weighted by Crippen LogP contribution is 2.44. The molecule has 0 aliphatic carbocycles. The summed E-state index contributed by atoms with van der Waals surface area (Å²) >= 11 is 0.914. The summed E-state index contributed by atoms with van der Waals surface area (Å²) in [5, 5.41) is 29.2. The van der Waals surface area contributed by atoms with Crippen LogP contribution in [0.1, 0.15) is 24.0 Å². The average Bonchev–Trinajstić information content (AvgIpc) is 3.27. The van der Waals surface area contributed by atoms with Crippen molar-refractivity contribution in [2.75, 3.05) is 32.6 Å². The van der Waals surface area contributed by atoms with Crippen molar-refractivity contribution in [2.24, 2.45) is 11.5 Å². The van der Waals surface area contributed by atoms with Crippen molar-refractivity contribution in [1.29, 1.82) is 16.1 Å². The van der Waals surface area contributed by atoms with E-state index in [2.05, 4.69) is 15.4 Å². The highest BCUT2D eigenvalue weighted by molar-refractivity contribution is 7.92. The Morgan fingerprint density at radius 3 is 2.23 bits per heavy atom. The normalized spacial score (nSPS) is 12.6. The number of aryl methyl sites for hydroxylation is 1. The van der Waals surface area contributed by atoms with E-state index in [1.54, 1.807) is 25.1 Å². The fourth-order valence-corrected chi connectivity index (χ4v) is 8.03. The van der Waals surface area contributed by atoms with Gasteiger partial charge in [-0.2, -0.15) is 9.98 Å². The number of guanidine groups is 2. The van der Waals surface area contributed by atoms with E-state index in [-0.39, 0.29) is 40.7 Å². The molecule has 1 heterocycles. The lowest BCUT2D eigenvalue weighted by atomic mass is 10.2. The fourth-order valence-electron chi connectivity index (χ4n) is 3.71. The van der Waals surface area contributed by atoms with Gasteiger partial charge in [0.05, 0.1) is 18.8 Å². The van der Waals surface area contributed by atoms with Crippen LogP contribution in [0.5, 0.6) is 17.2 Å². The second kappa shape index (κ2) is 15.0. The number of sulfonamides is 1. The molecule has 238 valence electrons. The van der Waals surface area contributed by atoms with Crippen LogP contribution in [0.3, 0.4) is 0 Å². The minimum Gasteiger partial charge on any atom is -0.490 e. The first-order chi connectivity index (χ1) is 20.7. The first kappa shape index (κ1) is 34.4. The second-order valence-corrected chi connectivity index (χ2v) is 14.0. The van der Waals surface area contributed by atoms with Crippen LogP contribution >= 0.6 is 18.9 Å². The van der Waals surface area contributed by atoms with Crippen molar-refractivity contribution < 1.29 is 36.3 Å². The fraction of sp³-hybridized carbons (Fsp3) is 0.320. The summed E-state index contributed by atoms with van der Waals surface area (Å²) < 4.78 is 72.1. The lowest BCUT2D eigenvalue weighted by molar-refractivity contribution is 0.264. The molecule has 10 N–H and O–H groups in total. The van der Waals surface area contributed by atoms with Crippen LogP contribution in [-0.4, -0.2) is 57.8 Å². The Hall–Kier alpha value is -4.14. The molecular weight excluding hydrogens is 638 g/mol. The van der Waals surface area contributed by atoms with E-state index < -0.39 is 29.7 Å². The van der Waals surface area contributed by atoms with Crippen LogP contribution < -0.4 is 40.8 Å². The molecule has 15 nitrogen and oxygen atoms in total. The highest BCUT2D eigenvalue weighted by atomic mass is 32.2. The number of ether oxygens (including phenoxy) is 2. The molecule has 0 spiro atoms. The number of halogens is 1. The molecule has 0 fully saturated rings. The number of nitrogens with one attached hydrogen (secondary N) is 5. The number of nitriles is 1. The predicted octanol–water partition coefficient (Wildman–Crippen LogP) is 2.22. The number of nitrogens with zero attached hydrogens (tertiary/aromatic N) is 1. The molecule has 1 unspecified atom stereocenters. The second-order valence-electron chi connectivity index (χ2n) is 9.18. The Labute approximate surface area is 256 Å². The molecule has 0 amide bonds. The Balaban J connectivity index is 1.80. The SMILES string of the molecule is Cc1c(S(=O)(=O)NCP(=O)(O)Oc2ccc(C#N)c(F)c2)sc2cc(OCCCNC(=N)N)c(OCCCNC(=N)N)cc12. The van der Waals surface area contributed by atoms with Gasteiger partial charge in [-0.25, -0.2) is 17.4 Å². The molecule has 0 saturated carbocycles. The van der Waals surface area contributed by atoms with E-state index in [1.165, 1.54) is 0 Å². The number of rotatable bonds is 16. The third kappa shape index (κ3) is 9.69. The van der Waals surface area contributed by atoms with E-state index in [1.807, 2.05) is 0 Å². The van der Waals surface area contributed by atoms with Crippen molar-refractivity contribution in [3.63, 3.8) is 0 Å². The van der Waals surface area contributed by atoms with Crippen LogP contribution in [0.4, 0.5) is 4.39 Å². The molecule has 44 heavy (non-hydrogen) atoms. The minimum absolute atomic E-state index is 0.115. The monoisotopic (exact) mass is 670 g/mol. The molecule has 0 bridgehead atoms. The summed E-state index contributed by atoms with van der Waals surface area (Å²) in [6.45, 7) is 2.85. The van der Waals surface area contributed by atoms with E-state index in [0.717, 1.165) is 29.5 Å². The molecule has 1 aromatic heterocycles. The summed E-state index contributed by atoms with van der Waals surface area (Å²) in [5.41, 5.74) is 10.7. The van der Waals surface area contributed by atoms with Gasteiger partial charge < -0.3 is 41.0 Å². The Bertz CT molecular complexity index is 1730. The van der Waals surface area contributed by atoms with E-state index in [0.29, 0.717) is 53.1 Å². The predicted molar refractivity (Wildman–Crippen MR) is 163 cm³/mol. The summed E-state index contributed by atoms with van der Waals surface area (Å²) in [6, 6.07) is 7.83. The summed E-state index contributed by atoms with van der Waals surface area (Å²) in [7, 11) is -8.93. The van der Waals surface area contributed by atoms with Gasteiger partial charge in [-0.3, -0.25) is 10.8 Å². The molecule has 0 aliphatic heterocycles. The van der Waals surface area contributed by atoms with Crippen LogP contribution in [0.2, 0.25) is 0 Å². The maximum absolute atomic E-state index is 13.9. The van der Waals surface area contributed by atoms with Gasteiger partial charge in [0.25, 0.3) is 10.0 Å². The molecule has 0 aliphatic rings. The van der Waals surface area contributed by atoms with Crippen molar-refractivity contribution >= 4 is 51.0 Å². The quantitative estimate of drug-likeness (QED) is 0.0472. The van der Waals surface area contributed by atoms with Gasteiger partial charge in [-0.1, -0.05) is 0 Å². The van der Waals surface area contributed by atoms with E-state index in [9.17, 15) is 22.3 Å². The topological polar surface area (TPSA) is 259 Å². The number of benzene rings is 2. The number of nitrogens with two attached hydrogens (primary N) is 2. The van der Waals surface area contributed by atoms with Gasteiger partial charge >= 0.3 is 7.60 Å². The van der Waals surface area contributed by atoms with Gasteiger partial charge in [0, 0.05) is 35.3 Å². The van der Waals surface area contributed by atoms with Crippen molar-refractivity contribution in [3.8, 4) is 23.3 Å². The van der Waals surface area contributed by atoms with Crippen LogP contribution in [0.15, 0.2) is 34.5 Å². The maximum atomic E-state index is 13.9. The standard InChI is InChI=1S/C25H32FN8O7PS2/c1-15-18-11-20(39-8-2-6-32-24(28)29)21(40-9-3-7-33-25(30)31)12-22(18)43-23(15)44(37,38)34-14-42(35,36)41-17-5-4-16(13-27)19(26)10-17/h4-5,10-12,34H,2-3,6-9,14H2,1H3,(H,35,36)(H4,28,29,32)(H4,30,31,33). The van der Waals surface area contributed by atoms with Crippen LogP contribution in [0, 0.1) is 34.9 Å². The number of fused-ring (bicyclic) bond motifs is 1. The summed E-state index contributed by atoms with van der Waals surface area (Å²) in [6.07, 6.45) is 0.00507. The lowest BCUT2D eigenvalue weighted by Crippen LogP contribution is -2.31. The zero-order chi connectivity index (χ0) is 32.5. The number of hydrogen-bond acceptors (Lipinski definition) is 10. The smallest absolute Gasteiger partial charge is 0.391 e. The molecule has 19 heteroatoms. The molecule has 3 rings (SSSR count). The Morgan fingerprint density at radius 1 is 1.09 bits per heavy atom. The minimum atomic E-state index is -4.62. The molecule has 1 atom stereocenters. The van der Waals surface area contributed by atoms with Crippen molar-refractivity contribution in [3.05, 3.63) is 47.3 Å². The van der Waals surface area contributed by atoms with Gasteiger partial charge in [0.15, 0.2) is 23.4 Å². The molecule has 3 aromatic rings. The zero-order valence-corrected chi connectivity index (χ0v) is 26.0. The molecule has 0 radical (unpaired) electrons. The molecule has 0 saturated heterocycles. The third-order valence-electron chi connectivity index (χ3n) is 5.75. The van der Waals surface area contributed by atoms with E-state index >= 15 is 0 Å². The zero-order valence-electron chi connectivity index (χ0n) is 23.5. The van der Waals surface area contributed by atoms with Crippen LogP contribution in [0.25, 0.3) is 10.1 Å². The first-order valence-electron chi connectivity index (χ1n) is 12.9. The first-order valence-corrected chi connectivity index (χ1v) is 17.0. The summed E-state index contributed by atoms with van der Waals surface area (Å²) in [5.74, 6) is -0.949. The van der Waals surface area contributed by atoms with Crippen molar-refractivity contribution in [1.82, 2.24) is 15.4 Å². The maximum Gasteiger partial charge on any atom is 0.391 e. The van der Waals surface area contributed by atoms with E-state index in [4.69, 9.17) is 41.5 Å². The number of thiophene rings is 1. The lowest BCUT2D eigenvalue weighted by Gasteiger charge is -2.14. The summed E-state index contributed by atoms with van der Waals surface area (Å²) in [4.78, 5) is 10.2. The number of hydrogen-bond donors (Lipinski definition) is 8. The third-order valence-corrected chi connectivity index (χ3v) is 10.3. The van der Waals surface area contributed by atoms with Gasteiger partial charge in [0.2, 0.25) is 0 Å². The van der Waals surface area contributed by atoms with Crippen molar-refractivity contribution in [2.45, 2.75) is 24.0 Å². The van der Waals surface area contributed by atoms with Gasteiger partial charge in [-0.05, 0) is 43.5 Å².